The molecule has 27 heavy (non-hydrogen) atoms. The fourth-order valence-electron chi connectivity index (χ4n) is 2.45. The maximum absolute atomic E-state index is 5.88. The first-order chi connectivity index (χ1) is 13.3. The summed E-state index contributed by atoms with van der Waals surface area (Å²) in [7, 11) is 0. The zero-order chi connectivity index (χ0) is 18.9. The third-order valence-electron chi connectivity index (χ3n) is 3.97. The van der Waals surface area contributed by atoms with Gasteiger partial charge in [0.25, 0.3) is 0 Å². The minimum absolute atomic E-state index is 0.713. The van der Waals surface area contributed by atoms with Crippen LogP contribution in [0.1, 0.15) is 36.7 Å². The Hall–Kier alpha value is -2.60. The van der Waals surface area contributed by atoms with Gasteiger partial charge in [0.2, 0.25) is 5.16 Å². The molecule has 0 atom stereocenters. The van der Waals surface area contributed by atoms with Gasteiger partial charge in [-0.1, -0.05) is 67.6 Å². The molecule has 140 valence electrons. The smallest absolute Gasteiger partial charge is 0.212 e. The normalized spacial score (nSPS) is 11.2. The van der Waals surface area contributed by atoms with Crippen LogP contribution in [-0.4, -0.2) is 27.7 Å². The summed E-state index contributed by atoms with van der Waals surface area (Å²) in [5.74, 6) is 2.43. The van der Waals surface area contributed by atoms with Gasteiger partial charge in [0.1, 0.15) is 5.75 Å². The first kappa shape index (κ1) is 19.2. The zero-order valence-corrected chi connectivity index (χ0v) is 16.5. The molecule has 1 aromatic heterocycles. The van der Waals surface area contributed by atoms with Gasteiger partial charge < -0.3 is 4.74 Å². The number of aryl methyl sites for hydroxylation is 1. The zero-order valence-electron chi connectivity index (χ0n) is 15.7. The molecule has 0 aliphatic carbocycles. The number of benzene rings is 2. The lowest BCUT2D eigenvalue weighted by atomic mass is 10.2. The van der Waals surface area contributed by atoms with E-state index in [-0.39, 0.29) is 0 Å². The third kappa shape index (κ3) is 5.44. The van der Waals surface area contributed by atoms with Gasteiger partial charge in [0.05, 0.1) is 12.8 Å². The molecule has 6 heteroatoms. The van der Waals surface area contributed by atoms with Gasteiger partial charge in [-0.25, -0.2) is 0 Å². The van der Waals surface area contributed by atoms with Gasteiger partial charge in [-0.15, -0.1) is 10.2 Å². The van der Waals surface area contributed by atoms with Crippen LogP contribution in [0.15, 0.2) is 64.9 Å². The van der Waals surface area contributed by atoms with Crippen molar-refractivity contribution in [3.05, 3.63) is 71.5 Å². The maximum Gasteiger partial charge on any atom is 0.212 e. The van der Waals surface area contributed by atoms with E-state index in [0.717, 1.165) is 40.9 Å². The molecule has 1 heterocycles. The molecule has 0 saturated carbocycles. The van der Waals surface area contributed by atoms with Crippen molar-refractivity contribution < 1.29 is 4.74 Å². The molecule has 0 N–H and O–H groups in total. The summed E-state index contributed by atoms with van der Waals surface area (Å²) in [6, 6.07) is 18.2. The molecule has 5 nitrogen and oxygen atoms in total. The Morgan fingerprint density at radius 3 is 2.67 bits per heavy atom. The summed E-state index contributed by atoms with van der Waals surface area (Å²) >= 11 is 1.62. The lowest BCUT2D eigenvalue weighted by Gasteiger charge is -2.08. The van der Waals surface area contributed by atoms with Gasteiger partial charge in [-0.2, -0.15) is 9.78 Å². The average Bonchev–Trinajstić information content (AvgIpc) is 3.06. The molecule has 3 rings (SSSR count). The van der Waals surface area contributed by atoms with Crippen LogP contribution in [0.25, 0.3) is 0 Å². The van der Waals surface area contributed by atoms with Crippen LogP contribution >= 0.6 is 11.8 Å². The molecule has 0 aliphatic heterocycles. The van der Waals surface area contributed by atoms with Crippen LogP contribution < -0.4 is 4.74 Å². The second kappa shape index (κ2) is 9.92. The number of unbranched alkanes of at least 4 members (excludes halogenated alkanes) is 1. The standard InChI is InChI=1S/C21H24N4OS/c1-3-4-14-26-20-13-9-8-12-19(20)15-22-25-17(2)23-24-21(25)27-16-18-10-6-5-7-11-18/h5-13,15H,3-4,14,16H2,1-2H3/b22-15+. The van der Waals surface area contributed by atoms with Gasteiger partial charge >= 0.3 is 0 Å². The minimum atomic E-state index is 0.713. The number of nitrogens with zero attached hydrogens (tertiary/aromatic N) is 4. The van der Waals surface area contributed by atoms with Crippen molar-refractivity contribution in [2.24, 2.45) is 5.10 Å². The van der Waals surface area contributed by atoms with Crippen LogP contribution in [0.2, 0.25) is 0 Å². The number of thioether (sulfide) groups is 1. The van der Waals surface area contributed by atoms with Crippen molar-refractivity contribution in [2.45, 2.75) is 37.6 Å². The summed E-state index contributed by atoms with van der Waals surface area (Å²) < 4.78 is 7.65. The Labute approximate surface area is 164 Å². The van der Waals surface area contributed by atoms with E-state index in [1.54, 1.807) is 16.4 Å². The summed E-state index contributed by atoms with van der Waals surface area (Å²) in [6.07, 6.45) is 3.96. The number of para-hydroxylation sites is 1. The van der Waals surface area contributed by atoms with Crippen molar-refractivity contribution in [2.75, 3.05) is 6.61 Å². The van der Waals surface area contributed by atoms with E-state index in [1.165, 1.54) is 5.56 Å². The van der Waals surface area contributed by atoms with Crippen molar-refractivity contribution in [1.82, 2.24) is 14.9 Å². The summed E-state index contributed by atoms with van der Waals surface area (Å²) in [5.41, 5.74) is 2.19. The molecule has 0 saturated heterocycles. The van der Waals surface area contributed by atoms with E-state index >= 15 is 0 Å². The second-order valence-corrected chi connectivity index (χ2v) is 7.04. The molecular weight excluding hydrogens is 356 g/mol. The van der Waals surface area contributed by atoms with Gasteiger partial charge in [0, 0.05) is 11.3 Å². The van der Waals surface area contributed by atoms with Crippen LogP contribution in [0.3, 0.4) is 0 Å². The Balaban J connectivity index is 1.73. The Kier molecular flexibility index (Phi) is 7.04. The summed E-state index contributed by atoms with van der Waals surface area (Å²) in [4.78, 5) is 0. The van der Waals surface area contributed by atoms with Crippen molar-refractivity contribution in [3.63, 3.8) is 0 Å². The van der Waals surface area contributed by atoms with Crippen LogP contribution in [0.5, 0.6) is 5.75 Å². The number of rotatable bonds is 9. The molecule has 0 amide bonds. The molecule has 0 fully saturated rings. The fourth-order valence-corrected chi connectivity index (χ4v) is 3.34. The Bertz CT molecular complexity index is 877. The molecular formula is C21H24N4OS. The number of ether oxygens (including phenoxy) is 1. The lowest BCUT2D eigenvalue weighted by molar-refractivity contribution is 0.309. The van der Waals surface area contributed by atoms with E-state index in [0.29, 0.717) is 6.61 Å². The molecule has 2 aromatic carbocycles. The molecule has 0 spiro atoms. The van der Waals surface area contributed by atoms with E-state index in [1.807, 2.05) is 55.6 Å². The first-order valence-electron chi connectivity index (χ1n) is 9.13. The summed E-state index contributed by atoms with van der Waals surface area (Å²) in [6.45, 7) is 4.77. The van der Waals surface area contributed by atoms with E-state index < -0.39 is 0 Å². The Morgan fingerprint density at radius 1 is 1.07 bits per heavy atom. The fraction of sp³-hybridized carbons (Fsp3) is 0.286. The van der Waals surface area contributed by atoms with E-state index in [4.69, 9.17) is 4.74 Å². The predicted octanol–water partition coefficient (Wildman–Crippen LogP) is 4.94. The maximum atomic E-state index is 5.88. The van der Waals surface area contributed by atoms with Crippen LogP contribution in [0, 0.1) is 6.92 Å². The van der Waals surface area contributed by atoms with Crippen molar-refractivity contribution >= 4 is 18.0 Å². The topological polar surface area (TPSA) is 52.3 Å². The second-order valence-electron chi connectivity index (χ2n) is 6.10. The van der Waals surface area contributed by atoms with E-state index in [2.05, 4.69) is 34.4 Å². The highest BCUT2D eigenvalue weighted by molar-refractivity contribution is 7.98. The van der Waals surface area contributed by atoms with Gasteiger partial charge in [-0.05, 0) is 31.0 Å². The van der Waals surface area contributed by atoms with Crippen LogP contribution in [-0.2, 0) is 5.75 Å². The van der Waals surface area contributed by atoms with Crippen LogP contribution in [0.4, 0.5) is 0 Å². The highest BCUT2D eigenvalue weighted by Crippen LogP contribution is 2.22. The lowest BCUT2D eigenvalue weighted by Crippen LogP contribution is -2.01. The molecule has 0 radical (unpaired) electrons. The monoisotopic (exact) mass is 380 g/mol. The highest BCUT2D eigenvalue weighted by atomic mass is 32.2. The molecule has 3 aromatic rings. The third-order valence-corrected chi connectivity index (χ3v) is 4.96. The highest BCUT2D eigenvalue weighted by Gasteiger charge is 2.09. The number of hydrogen-bond donors (Lipinski definition) is 0. The SMILES string of the molecule is CCCCOc1ccccc1/C=N/n1c(C)nnc1SCc1ccccc1. The Morgan fingerprint density at radius 2 is 1.85 bits per heavy atom. The van der Waals surface area contributed by atoms with Gasteiger partial charge in [0.15, 0.2) is 5.82 Å². The molecule has 0 unspecified atom stereocenters. The molecule has 0 bridgehead atoms. The number of aromatic nitrogens is 3. The van der Waals surface area contributed by atoms with Crippen molar-refractivity contribution in [3.8, 4) is 5.75 Å². The largest absolute Gasteiger partial charge is 0.493 e. The quantitative estimate of drug-likeness (QED) is 0.300. The molecule has 0 aliphatic rings. The summed E-state index contributed by atoms with van der Waals surface area (Å²) in [5, 5.41) is 13.8. The number of hydrogen-bond acceptors (Lipinski definition) is 5. The van der Waals surface area contributed by atoms with E-state index in [9.17, 15) is 0 Å². The minimum Gasteiger partial charge on any atom is -0.493 e. The van der Waals surface area contributed by atoms with Gasteiger partial charge in [-0.3, -0.25) is 0 Å². The first-order valence-corrected chi connectivity index (χ1v) is 10.1. The van der Waals surface area contributed by atoms with Crippen molar-refractivity contribution in [1.29, 1.82) is 0 Å². The average molecular weight is 381 g/mol. The predicted molar refractivity (Wildman–Crippen MR) is 111 cm³/mol.